The number of hydrogen-bond donors (Lipinski definition) is 1. The summed E-state index contributed by atoms with van der Waals surface area (Å²) in [6.45, 7) is 4.16. The molecule has 0 amide bonds. The van der Waals surface area contributed by atoms with Gasteiger partial charge in [-0.2, -0.15) is 0 Å². The van der Waals surface area contributed by atoms with Crippen molar-refractivity contribution in [2.45, 2.75) is 20.4 Å². The molecular weight excluding hydrogens is 305 g/mol. The number of benzene rings is 1. The summed E-state index contributed by atoms with van der Waals surface area (Å²) in [6, 6.07) is 3.68. The van der Waals surface area contributed by atoms with Gasteiger partial charge in [0, 0.05) is 6.54 Å². The molecule has 90 valence electrons. The van der Waals surface area contributed by atoms with E-state index >= 15 is 0 Å². The quantitative estimate of drug-likeness (QED) is 0.939. The Kier molecular flexibility index (Phi) is 3.73. The normalized spacial score (nSPS) is 10.6. The van der Waals surface area contributed by atoms with Crippen molar-refractivity contribution in [2.24, 2.45) is 0 Å². The van der Waals surface area contributed by atoms with Crippen molar-refractivity contribution in [2.75, 3.05) is 5.32 Å². The van der Waals surface area contributed by atoms with E-state index in [0.717, 1.165) is 14.6 Å². The third-order valence-corrected chi connectivity index (χ3v) is 3.65. The van der Waals surface area contributed by atoms with Crippen LogP contribution in [0.4, 0.5) is 9.52 Å². The van der Waals surface area contributed by atoms with Crippen molar-refractivity contribution in [3.63, 3.8) is 0 Å². The highest BCUT2D eigenvalue weighted by Gasteiger charge is 2.05. The van der Waals surface area contributed by atoms with Crippen LogP contribution in [0.25, 0.3) is 0 Å². The zero-order chi connectivity index (χ0) is 12.4. The van der Waals surface area contributed by atoms with Gasteiger partial charge in [-0.3, -0.25) is 0 Å². The molecule has 1 aromatic heterocycles. The van der Waals surface area contributed by atoms with Gasteiger partial charge in [-0.25, -0.2) is 4.39 Å². The maximum absolute atomic E-state index is 13.4. The van der Waals surface area contributed by atoms with Gasteiger partial charge in [0.05, 0.1) is 0 Å². The predicted octanol–water partition coefficient (Wildman–Crippen LogP) is 3.67. The summed E-state index contributed by atoms with van der Waals surface area (Å²) in [7, 11) is 0. The van der Waals surface area contributed by atoms with Gasteiger partial charge in [0.25, 0.3) is 0 Å². The van der Waals surface area contributed by atoms with E-state index in [4.69, 9.17) is 0 Å². The monoisotopic (exact) mass is 315 g/mol. The fourth-order valence-electron chi connectivity index (χ4n) is 1.59. The van der Waals surface area contributed by atoms with Crippen LogP contribution in [0.15, 0.2) is 16.0 Å². The van der Waals surface area contributed by atoms with Crippen molar-refractivity contribution in [1.82, 2.24) is 10.2 Å². The molecule has 0 radical (unpaired) electrons. The number of aryl methyl sites for hydroxylation is 2. The minimum atomic E-state index is -0.132. The highest BCUT2D eigenvalue weighted by Crippen LogP contribution is 2.21. The summed E-state index contributed by atoms with van der Waals surface area (Å²) in [5, 5.41) is 11.7. The fraction of sp³-hybridized carbons (Fsp3) is 0.273. The maximum atomic E-state index is 13.4. The Morgan fingerprint density at radius 1 is 1.29 bits per heavy atom. The highest BCUT2D eigenvalue weighted by atomic mass is 79.9. The van der Waals surface area contributed by atoms with E-state index in [9.17, 15) is 4.39 Å². The van der Waals surface area contributed by atoms with Gasteiger partial charge in [-0.15, -0.1) is 10.2 Å². The second-order valence-corrected chi connectivity index (χ2v) is 6.01. The maximum Gasteiger partial charge on any atom is 0.206 e. The highest BCUT2D eigenvalue weighted by molar-refractivity contribution is 9.11. The number of anilines is 1. The molecule has 2 aromatic rings. The van der Waals surface area contributed by atoms with Crippen molar-refractivity contribution in [1.29, 1.82) is 0 Å². The van der Waals surface area contributed by atoms with E-state index in [-0.39, 0.29) is 5.82 Å². The Hall–Kier alpha value is -1.01. The van der Waals surface area contributed by atoms with Crippen LogP contribution < -0.4 is 5.32 Å². The average Bonchev–Trinajstić information content (AvgIpc) is 2.69. The molecule has 0 aliphatic rings. The Balaban J connectivity index is 2.09. The van der Waals surface area contributed by atoms with E-state index < -0.39 is 0 Å². The molecule has 0 spiro atoms. The molecule has 0 saturated carbocycles. The molecular formula is C11H11BrFN3S. The average molecular weight is 316 g/mol. The predicted molar refractivity (Wildman–Crippen MR) is 70.8 cm³/mol. The van der Waals surface area contributed by atoms with E-state index in [0.29, 0.717) is 17.7 Å². The van der Waals surface area contributed by atoms with Crippen LogP contribution in [-0.4, -0.2) is 10.2 Å². The summed E-state index contributed by atoms with van der Waals surface area (Å²) < 4.78 is 14.2. The van der Waals surface area contributed by atoms with Crippen molar-refractivity contribution in [3.05, 3.63) is 38.6 Å². The van der Waals surface area contributed by atoms with Gasteiger partial charge in [-0.05, 0) is 46.5 Å². The van der Waals surface area contributed by atoms with Gasteiger partial charge in [0.1, 0.15) is 5.82 Å². The number of rotatable bonds is 3. The molecule has 0 aliphatic heterocycles. The Morgan fingerprint density at radius 2 is 1.94 bits per heavy atom. The van der Waals surface area contributed by atoms with Crippen molar-refractivity contribution < 1.29 is 4.39 Å². The standard InChI is InChI=1S/C11H11BrFN3S/c1-6-3-8(4-7(2)9(6)13)5-14-11-16-15-10(12)17-11/h3-4H,5H2,1-2H3,(H,14,16). The molecule has 2 rings (SSSR count). The topological polar surface area (TPSA) is 37.8 Å². The van der Waals surface area contributed by atoms with E-state index in [2.05, 4.69) is 31.4 Å². The molecule has 0 saturated heterocycles. The molecule has 0 atom stereocenters. The molecule has 1 aromatic carbocycles. The zero-order valence-corrected chi connectivity index (χ0v) is 11.8. The molecule has 0 bridgehead atoms. The van der Waals surface area contributed by atoms with E-state index in [1.165, 1.54) is 11.3 Å². The lowest BCUT2D eigenvalue weighted by molar-refractivity contribution is 0.608. The Labute approximate surface area is 111 Å². The van der Waals surface area contributed by atoms with Crippen LogP contribution in [0.2, 0.25) is 0 Å². The minimum absolute atomic E-state index is 0.132. The first-order valence-electron chi connectivity index (χ1n) is 5.05. The molecule has 17 heavy (non-hydrogen) atoms. The SMILES string of the molecule is Cc1cc(CNc2nnc(Br)s2)cc(C)c1F. The van der Waals surface area contributed by atoms with Crippen LogP contribution in [0.1, 0.15) is 16.7 Å². The molecule has 1 N–H and O–H groups in total. The Morgan fingerprint density at radius 3 is 2.47 bits per heavy atom. The second-order valence-electron chi connectivity index (χ2n) is 3.76. The van der Waals surface area contributed by atoms with Gasteiger partial charge >= 0.3 is 0 Å². The lowest BCUT2D eigenvalue weighted by Gasteiger charge is -2.07. The van der Waals surface area contributed by atoms with Crippen LogP contribution in [0.5, 0.6) is 0 Å². The molecule has 6 heteroatoms. The first-order valence-corrected chi connectivity index (χ1v) is 6.65. The number of nitrogens with one attached hydrogen (secondary N) is 1. The third-order valence-electron chi connectivity index (χ3n) is 2.34. The molecule has 0 unspecified atom stereocenters. The van der Waals surface area contributed by atoms with Crippen LogP contribution in [-0.2, 0) is 6.54 Å². The summed E-state index contributed by atoms with van der Waals surface area (Å²) in [5.74, 6) is -0.132. The number of hydrogen-bond acceptors (Lipinski definition) is 4. The summed E-state index contributed by atoms with van der Waals surface area (Å²) in [6.07, 6.45) is 0. The van der Waals surface area contributed by atoms with Gasteiger partial charge < -0.3 is 5.32 Å². The lowest BCUT2D eigenvalue weighted by atomic mass is 10.1. The van der Waals surface area contributed by atoms with Crippen molar-refractivity contribution in [3.8, 4) is 0 Å². The second kappa shape index (κ2) is 5.10. The first-order chi connectivity index (χ1) is 8.06. The lowest BCUT2D eigenvalue weighted by Crippen LogP contribution is -2.01. The molecule has 1 heterocycles. The van der Waals surface area contributed by atoms with Crippen LogP contribution >= 0.6 is 27.3 Å². The van der Waals surface area contributed by atoms with Gasteiger partial charge in [0.15, 0.2) is 3.92 Å². The van der Waals surface area contributed by atoms with Gasteiger partial charge in [-0.1, -0.05) is 23.5 Å². The molecule has 3 nitrogen and oxygen atoms in total. The largest absolute Gasteiger partial charge is 0.356 e. The number of aromatic nitrogens is 2. The number of nitrogens with zero attached hydrogens (tertiary/aromatic N) is 2. The molecule has 0 fully saturated rings. The smallest absolute Gasteiger partial charge is 0.206 e. The fourth-order valence-corrected chi connectivity index (χ4v) is 2.60. The summed E-state index contributed by atoms with van der Waals surface area (Å²) in [5.41, 5.74) is 2.37. The van der Waals surface area contributed by atoms with Crippen LogP contribution in [0, 0.1) is 19.7 Å². The zero-order valence-electron chi connectivity index (χ0n) is 9.42. The number of halogens is 2. The Bertz CT molecular complexity index is 518. The van der Waals surface area contributed by atoms with E-state index in [1.807, 2.05) is 12.1 Å². The van der Waals surface area contributed by atoms with Crippen molar-refractivity contribution >= 4 is 32.4 Å². The molecule has 0 aliphatic carbocycles. The third kappa shape index (κ3) is 3.01. The van der Waals surface area contributed by atoms with E-state index in [1.54, 1.807) is 13.8 Å². The summed E-state index contributed by atoms with van der Waals surface area (Å²) >= 11 is 4.67. The van der Waals surface area contributed by atoms with Gasteiger partial charge in [0.2, 0.25) is 5.13 Å². The van der Waals surface area contributed by atoms with Crippen LogP contribution in [0.3, 0.4) is 0 Å². The minimum Gasteiger partial charge on any atom is -0.356 e. The summed E-state index contributed by atoms with van der Waals surface area (Å²) in [4.78, 5) is 0. The first kappa shape index (κ1) is 12.4.